The van der Waals surface area contributed by atoms with Crippen molar-refractivity contribution in [2.45, 2.75) is 26.1 Å². The number of halogens is 1. The van der Waals surface area contributed by atoms with Crippen LogP contribution >= 0.6 is 0 Å². The molecule has 1 saturated heterocycles. The van der Waals surface area contributed by atoms with Gasteiger partial charge in [-0.2, -0.15) is 0 Å². The fourth-order valence-corrected chi connectivity index (χ4v) is 2.05. The molecule has 18 heavy (non-hydrogen) atoms. The number of aromatic nitrogens is 1. The van der Waals surface area contributed by atoms with E-state index in [-0.39, 0.29) is 16.9 Å². The molecule has 0 N–H and O–H groups in total. The molecular weight excluding hydrogens is 235 g/mol. The summed E-state index contributed by atoms with van der Waals surface area (Å²) in [5.41, 5.74) is -0.00588. The van der Waals surface area contributed by atoms with Gasteiger partial charge in [-0.1, -0.05) is 6.92 Å². The Morgan fingerprint density at radius 2 is 2.17 bits per heavy atom. The summed E-state index contributed by atoms with van der Waals surface area (Å²) >= 11 is 0. The second-order valence-electron chi connectivity index (χ2n) is 4.55. The first-order valence-electron chi connectivity index (χ1n) is 6.21. The molecular formula is C13H17FN2O2. The summed E-state index contributed by atoms with van der Waals surface area (Å²) in [6.07, 6.45) is 1.27. The Morgan fingerprint density at radius 3 is 2.78 bits per heavy atom. The number of hydrogen-bond donors (Lipinski definition) is 0. The number of pyridine rings is 1. The first-order chi connectivity index (χ1) is 8.61. The number of Topliss-reactive ketones (excluding diaryl/α,β-unsaturated/α-hetero) is 1. The Morgan fingerprint density at radius 1 is 1.44 bits per heavy atom. The van der Waals surface area contributed by atoms with Gasteiger partial charge in [0.2, 0.25) is 0 Å². The van der Waals surface area contributed by atoms with Gasteiger partial charge in [0.15, 0.2) is 5.78 Å². The van der Waals surface area contributed by atoms with Gasteiger partial charge in [0.05, 0.1) is 5.56 Å². The number of rotatable bonds is 5. The van der Waals surface area contributed by atoms with Gasteiger partial charge in [0.1, 0.15) is 6.17 Å². The van der Waals surface area contributed by atoms with Crippen molar-refractivity contribution in [3.63, 3.8) is 0 Å². The molecule has 0 atom stereocenters. The van der Waals surface area contributed by atoms with Crippen molar-refractivity contribution in [3.8, 4) is 0 Å². The molecule has 1 aromatic rings. The Balaban J connectivity index is 2.04. The third-order valence-corrected chi connectivity index (χ3v) is 3.21. The highest BCUT2D eigenvalue weighted by Gasteiger charge is 2.25. The van der Waals surface area contributed by atoms with E-state index >= 15 is 0 Å². The monoisotopic (exact) mass is 252 g/mol. The van der Waals surface area contributed by atoms with Crippen molar-refractivity contribution < 1.29 is 9.18 Å². The molecule has 1 fully saturated rings. The van der Waals surface area contributed by atoms with E-state index in [2.05, 4.69) is 0 Å². The summed E-state index contributed by atoms with van der Waals surface area (Å²) < 4.78 is 14.2. The van der Waals surface area contributed by atoms with Crippen LogP contribution in [-0.2, 0) is 6.54 Å². The topological polar surface area (TPSA) is 42.3 Å². The molecule has 2 heterocycles. The minimum absolute atomic E-state index is 0.137. The standard InChI is InChI=1S/C13H17FN2O2/c1-2-12(17)11-4-3-5-16(13(11)18)7-6-15-8-10(14)9-15/h3-5,10H,2,6-9H2,1H3. The van der Waals surface area contributed by atoms with E-state index in [1.54, 1.807) is 25.3 Å². The van der Waals surface area contributed by atoms with Gasteiger partial charge in [-0.15, -0.1) is 0 Å². The average Bonchev–Trinajstić information content (AvgIpc) is 2.34. The van der Waals surface area contributed by atoms with Gasteiger partial charge in [-0.25, -0.2) is 4.39 Å². The molecule has 1 aliphatic rings. The number of ketones is 1. The Kier molecular flexibility index (Phi) is 3.91. The van der Waals surface area contributed by atoms with Crippen LogP contribution in [0, 0.1) is 0 Å². The van der Waals surface area contributed by atoms with E-state index in [1.165, 1.54) is 4.57 Å². The maximum absolute atomic E-state index is 12.6. The lowest BCUT2D eigenvalue weighted by atomic mass is 10.1. The molecule has 5 heteroatoms. The maximum Gasteiger partial charge on any atom is 0.261 e. The van der Waals surface area contributed by atoms with E-state index in [1.807, 2.05) is 4.90 Å². The zero-order chi connectivity index (χ0) is 13.1. The third kappa shape index (κ3) is 2.67. The highest BCUT2D eigenvalue weighted by molar-refractivity contribution is 5.95. The van der Waals surface area contributed by atoms with Crippen LogP contribution in [0.2, 0.25) is 0 Å². The van der Waals surface area contributed by atoms with Crippen LogP contribution in [0.1, 0.15) is 23.7 Å². The zero-order valence-corrected chi connectivity index (χ0v) is 10.4. The molecule has 0 aromatic carbocycles. The molecule has 0 saturated carbocycles. The van der Waals surface area contributed by atoms with E-state index in [0.29, 0.717) is 32.6 Å². The molecule has 98 valence electrons. The van der Waals surface area contributed by atoms with Crippen LogP contribution in [0.3, 0.4) is 0 Å². The van der Waals surface area contributed by atoms with Crippen molar-refractivity contribution in [2.75, 3.05) is 19.6 Å². The van der Waals surface area contributed by atoms with Gasteiger partial charge < -0.3 is 4.57 Å². The second-order valence-corrected chi connectivity index (χ2v) is 4.55. The minimum Gasteiger partial charge on any atom is -0.314 e. The SMILES string of the molecule is CCC(=O)c1cccn(CCN2CC(F)C2)c1=O. The van der Waals surface area contributed by atoms with E-state index in [9.17, 15) is 14.0 Å². The minimum atomic E-state index is -0.727. The van der Waals surface area contributed by atoms with Gasteiger partial charge in [-0.05, 0) is 12.1 Å². The van der Waals surface area contributed by atoms with Crippen molar-refractivity contribution in [3.05, 3.63) is 34.2 Å². The normalized spacial score (nSPS) is 16.6. The molecule has 0 unspecified atom stereocenters. The summed E-state index contributed by atoms with van der Waals surface area (Å²) in [5.74, 6) is -0.137. The van der Waals surface area contributed by atoms with E-state index < -0.39 is 6.17 Å². The van der Waals surface area contributed by atoms with Gasteiger partial charge in [0, 0.05) is 38.8 Å². The first kappa shape index (κ1) is 13.0. The second kappa shape index (κ2) is 5.44. The Hall–Kier alpha value is -1.49. The van der Waals surface area contributed by atoms with Crippen LogP contribution in [0.15, 0.2) is 23.1 Å². The van der Waals surface area contributed by atoms with Crippen LogP contribution < -0.4 is 5.56 Å². The molecule has 0 bridgehead atoms. The van der Waals surface area contributed by atoms with Gasteiger partial charge >= 0.3 is 0 Å². The van der Waals surface area contributed by atoms with E-state index in [0.717, 1.165) is 0 Å². The average molecular weight is 252 g/mol. The fraction of sp³-hybridized carbons (Fsp3) is 0.538. The van der Waals surface area contributed by atoms with Crippen molar-refractivity contribution in [1.29, 1.82) is 0 Å². The molecule has 0 amide bonds. The van der Waals surface area contributed by atoms with Crippen LogP contribution in [0.25, 0.3) is 0 Å². The predicted octanol–water partition coefficient (Wildman–Crippen LogP) is 1.09. The lowest BCUT2D eigenvalue weighted by molar-refractivity contribution is 0.0625. The van der Waals surface area contributed by atoms with E-state index in [4.69, 9.17) is 0 Å². The van der Waals surface area contributed by atoms with Gasteiger partial charge in [-0.3, -0.25) is 14.5 Å². The van der Waals surface area contributed by atoms with Crippen molar-refractivity contribution in [2.24, 2.45) is 0 Å². The quantitative estimate of drug-likeness (QED) is 0.737. The predicted molar refractivity (Wildman–Crippen MR) is 66.7 cm³/mol. The third-order valence-electron chi connectivity index (χ3n) is 3.21. The van der Waals surface area contributed by atoms with Crippen LogP contribution in [-0.4, -0.2) is 41.1 Å². The summed E-state index contributed by atoms with van der Waals surface area (Å²) in [5, 5.41) is 0. The Bertz CT molecular complexity index is 492. The summed E-state index contributed by atoms with van der Waals surface area (Å²) in [4.78, 5) is 25.5. The molecule has 2 rings (SSSR count). The zero-order valence-electron chi connectivity index (χ0n) is 10.4. The Labute approximate surface area is 105 Å². The number of nitrogens with zero attached hydrogens (tertiary/aromatic N) is 2. The number of likely N-dealkylation sites (tertiary alicyclic amines) is 1. The highest BCUT2D eigenvalue weighted by atomic mass is 19.1. The lowest BCUT2D eigenvalue weighted by Gasteiger charge is -2.34. The number of carbonyl (C=O) groups is 1. The highest BCUT2D eigenvalue weighted by Crippen LogP contribution is 2.10. The van der Waals surface area contributed by atoms with Crippen molar-refractivity contribution >= 4 is 5.78 Å². The fourth-order valence-electron chi connectivity index (χ4n) is 2.05. The molecule has 0 spiro atoms. The number of hydrogen-bond acceptors (Lipinski definition) is 3. The maximum atomic E-state index is 12.6. The molecule has 1 aromatic heterocycles. The summed E-state index contributed by atoms with van der Waals surface area (Å²) in [7, 11) is 0. The summed E-state index contributed by atoms with van der Waals surface area (Å²) in [6.45, 7) is 3.77. The van der Waals surface area contributed by atoms with Gasteiger partial charge in [0.25, 0.3) is 5.56 Å². The largest absolute Gasteiger partial charge is 0.314 e. The number of alkyl halides is 1. The number of carbonyl (C=O) groups excluding carboxylic acids is 1. The molecule has 0 radical (unpaired) electrons. The smallest absolute Gasteiger partial charge is 0.261 e. The molecule has 0 aliphatic carbocycles. The molecule has 4 nitrogen and oxygen atoms in total. The first-order valence-corrected chi connectivity index (χ1v) is 6.21. The summed E-state index contributed by atoms with van der Waals surface area (Å²) in [6, 6.07) is 3.27. The van der Waals surface area contributed by atoms with Crippen molar-refractivity contribution in [1.82, 2.24) is 9.47 Å². The lowest BCUT2D eigenvalue weighted by Crippen LogP contribution is -2.49. The van der Waals surface area contributed by atoms with Crippen LogP contribution in [0.5, 0.6) is 0 Å². The van der Waals surface area contributed by atoms with Crippen LogP contribution in [0.4, 0.5) is 4.39 Å². The molecule has 1 aliphatic heterocycles.